The summed E-state index contributed by atoms with van der Waals surface area (Å²) in [5, 5.41) is 9.17. The van der Waals surface area contributed by atoms with Crippen LogP contribution in [0.25, 0.3) is 0 Å². The average molecular weight is 416 g/mol. The number of anilines is 1. The number of rotatable bonds is 3. The van der Waals surface area contributed by atoms with E-state index in [0.29, 0.717) is 0 Å². The molecule has 0 unspecified atom stereocenters. The summed E-state index contributed by atoms with van der Waals surface area (Å²) in [4.78, 5) is 20.7. The Kier molecular flexibility index (Phi) is 5.56. The molecule has 9 heteroatoms. The summed E-state index contributed by atoms with van der Waals surface area (Å²) in [6.07, 6.45) is 0.417. The third kappa shape index (κ3) is 5.09. The number of carbonyl (C=O) groups is 1. The highest BCUT2D eigenvalue weighted by Gasteiger charge is 2.25. The van der Waals surface area contributed by atoms with Gasteiger partial charge in [-0.25, -0.2) is 19.2 Å². The molecular weight excluding hydrogens is 400 g/mol. The lowest BCUT2D eigenvalue weighted by molar-refractivity contribution is 0.0576. The van der Waals surface area contributed by atoms with Gasteiger partial charge < -0.3 is 9.84 Å². The zero-order valence-corrected chi connectivity index (χ0v) is 15.3. The van der Waals surface area contributed by atoms with Gasteiger partial charge in [-0.3, -0.25) is 4.90 Å². The highest BCUT2D eigenvalue weighted by molar-refractivity contribution is 9.10. The molecular formula is C16H16BrF2N3O3. The van der Waals surface area contributed by atoms with E-state index >= 15 is 0 Å². The molecule has 0 aliphatic heterocycles. The van der Waals surface area contributed by atoms with Crippen LogP contribution in [0.1, 0.15) is 26.3 Å². The second-order valence-electron chi connectivity index (χ2n) is 6.16. The van der Waals surface area contributed by atoms with Crippen molar-refractivity contribution >= 4 is 27.8 Å². The van der Waals surface area contributed by atoms with E-state index in [9.17, 15) is 13.6 Å². The van der Waals surface area contributed by atoms with Gasteiger partial charge in [0, 0.05) is 6.20 Å². The zero-order valence-electron chi connectivity index (χ0n) is 13.8. The van der Waals surface area contributed by atoms with Crippen LogP contribution in [0.2, 0.25) is 0 Å². The fraction of sp³-hybridized carbons (Fsp3) is 0.312. The molecule has 0 saturated heterocycles. The van der Waals surface area contributed by atoms with Crippen LogP contribution in [-0.4, -0.2) is 26.8 Å². The summed E-state index contributed by atoms with van der Waals surface area (Å²) < 4.78 is 32.7. The Morgan fingerprint density at radius 2 is 2.04 bits per heavy atom. The number of pyridine rings is 2. The van der Waals surface area contributed by atoms with Gasteiger partial charge in [-0.2, -0.15) is 4.39 Å². The Morgan fingerprint density at radius 3 is 2.60 bits per heavy atom. The fourth-order valence-electron chi connectivity index (χ4n) is 1.85. The molecule has 2 aromatic heterocycles. The van der Waals surface area contributed by atoms with Crippen molar-refractivity contribution in [1.29, 1.82) is 0 Å². The van der Waals surface area contributed by atoms with Gasteiger partial charge in [0.2, 0.25) is 11.8 Å². The normalized spacial score (nSPS) is 11.3. The first-order chi connectivity index (χ1) is 11.6. The van der Waals surface area contributed by atoms with Crippen LogP contribution in [0.15, 0.2) is 28.9 Å². The molecule has 0 radical (unpaired) electrons. The van der Waals surface area contributed by atoms with Crippen LogP contribution in [0.4, 0.5) is 19.4 Å². The van der Waals surface area contributed by atoms with Crippen molar-refractivity contribution in [2.24, 2.45) is 0 Å². The molecule has 1 N–H and O–H groups in total. The molecule has 0 atom stereocenters. The summed E-state index contributed by atoms with van der Waals surface area (Å²) in [6, 6.07) is 3.83. The third-order valence-corrected chi connectivity index (χ3v) is 3.49. The van der Waals surface area contributed by atoms with E-state index in [1.165, 1.54) is 18.3 Å². The molecule has 0 aromatic carbocycles. The Morgan fingerprint density at radius 1 is 1.36 bits per heavy atom. The summed E-state index contributed by atoms with van der Waals surface area (Å²) in [7, 11) is 0. The van der Waals surface area contributed by atoms with Crippen molar-refractivity contribution in [3.63, 3.8) is 0 Å². The predicted octanol–water partition coefficient (Wildman–Crippen LogP) is 4.16. The van der Waals surface area contributed by atoms with Gasteiger partial charge in [-0.1, -0.05) is 0 Å². The van der Waals surface area contributed by atoms with Crippen molar-refractivity contribution in [3.8, 4) is 5.88 Å². The molecule has 0 bridgehead atoms. The number of ether oxygens (including phenoxy) is 1. The lowest BCUT2D eigenvalue weighted by atomic mass is 10.2. The summed E-state index contributed by atoms with van der Waals surface area (Å²) in [5.74, 6) is -2.50. The summed E-state index contributed by atoms with van der Waals surface area (Å²) in [6.45, 7) is 4.87. The average Bonchev–Trinajstić information content (AvgIpc) is 2.49. The molecule has 0 aliphatic carbocycles. The van der Waals surface area contributed by atoms with Crippen LogP contribution in [0.5, 0.6) is 5.88 Å². The van der Waals surface area contributed by atoms with Crippen molar-refractivity contribution in [2.75, 3.05) is 4.90 Å². The number of hydrogen-bond donors (Lipinski definition) is 1. The predicted molar refractivity (Wildman–Crippen MR) is 90.2 cm³/mol. The number of aromatic nitrogens is 2. The summed E-state index contributed by atoms with van der Waals surface area (Å²) >= 11 is 2.99. The maximum absolute atomic E-state index is 13.8. The van der Waals surface area contributed by atoms with Crippen LogP contribution >= 0.6 is 15.9 Å². The Hall–Kier alpha value is -2.29. The van der Waals surface area contributed by atoms with Crippen LogP contribution in [-0.2, 0) is 11.3 Å². The number of halogens is 3. The molecule has 0 spiro atoms. The first-order valence-electron chi connectivity index (χ1n) is 7.23. The number of aromatic hydroxyl groups is 1. The molecule has 2 rings (SSSR count). The molecule has 2 aromatic rings. The first kappa shape index (κ1) is 19.0. The van der Waals surface area contributed by atoms with Gasteiger partial charge in [-0.05, 0) is 60.5 Å². The van der Waals surface area contributed by atoms with Crippen LogP contribution in [0.3, 0.4) is 0 Å². The van der Waals surface area contributed by atoms with Crippen LogP contribution in [0, 0.1) is 11.8 Å². The Balaban J connectivity index is 2.38. The second kappa shape index (κ2) is 7.30. The minimum atomic E-state index is -0.934. The summed E-state index contributed by atoms with van der Waals surface area (Å²) in [5.41, 5.74) is -0.520. The Labute approximate surface area is 151 Å². The minimum Gasteiger partial charge on any atom is -0.491 e. The standard InChI is InChI=1S/C16H16BrF2N3O3/c1-16(2,3)25-15(24)22(12-5-4-10(17)13(19)21-12)8-9-6-11(18)14(23)20-7-9/h4-7H,8H2,1-3H3,(H,20,23). The van der Waals surface area contributed by atoms with Crippen molar-refractivity contribution in [1.82, 2.24) is 9.97 Å². The number of nitrogens with zero attached hydrogens (tertiary/aromatic N) is 3. The number of carbonyl (C=O) groups excluding carboxylic acids is 1. The highest BCUT2D eigenvalue weighted by atomic mass is 79.9. The molecule has 25 heavy (non-hydrogen) atoms. The fourth-order valence-corrected chi connectivity index (χ4v) is 2.07. The van der Waals surface area contributed by atoms with E-state index in [4.69, 9.17) is 9.84 Å². The van der Waals surface area contributed by atoms with Gasteiger partial charge in [0.05, 0.1) is 11.0 Å². The monoisotopic (exact) mass is 415 g/mol. The van der Waals surface area contributed by atoms with Gasteiger partial charge in [-0.15, -0.1) is 0 Å². The van der Waals surface area contributed by atoms with Gasteiger partial charge in [0.25, 0.3) is 0 Å². The van der Waals surface area contributed by atoms with E-state index in [0.717, 1.165) is 11.0 Å². The zero-order chi connectivity index (χ0) is 18.8. The van der Waals surface area contributed by atoms with E-state index < -0.39 is 29.3 Å². The molecule has 0 fully saturated rings. The second-order valence-corrected chi connectivity index (χ2v) is 7.01. The lowest BCUT2D eigenvalue weighted by Crippen LogP contribution is -2.37. The molecule has 1 amide bonds. The van der Waals surface area contributed by atoms with Crippen molar-refractivity contribution < 1.29 is 23.4 Å². The lowest BCUT2D eigenvalue weighted by Gasteiger charge is -2.27. The highest BCUT2D eigenvalue weighted by Crippen LogP contribution is 2.23. The van der Waals surface area contributed by atoms with Crippen molar-refractivity contribution in [2.45, 2.75) is 32.9 Å². The molecule has 134 valence electrons. The van der Waals surface area contributed by atoms with Gasteiger partial charge in [0.1, 0.15) is 11.4 Å². The molecule has 2 heterocycles. The van der Waals surface area contributed by atoms with Crippen molar-refractivity contribution in [3.05, 3.63) is 46.2 Å². The van der Waals surface area contributed by atoms with E-state index in [2.05, 4.69) is 25.9 Å². The van der Waals surface area contributed by atoms with E-state index in [1.54, 1.807) is 20.8 Å². The quantitative estimate of drug-likeness (QED) is 0.761. The number of amides is 1. The van der Waals surface area contributed by atoms with E-state index in [-0.39, 0.29) is 22.4 Å². The maximum Gasteiger partial charge on any atom is 0.416 e. The smallest absolute Gasteiger partial charge is 0.416 e. The number of hydrogen-bond acceptors (Lipinski definition) is 5. The first-order valence-corrected chi connectivity index (χ1v) is 8.02. The van der Waals surface area contributed by atoms with E-state index in [1.807, 2.05) is 0 Å². The topological polar surface area (TPSA) is 75.5 Å². The Bertz CT molecular complexity index is 797. The molecule has 6 nitrogen and oxygen atoms in total. The largest absolute Gasteiger partial charge is 0.491 e. The molecule has 0 saturated carbocycles. The van der Waals surface area contributed by atoms with Gasteiger partial charge >= 0.3 is 6.09 Å². The minimum absolute atomic E-state index is 0.0107. The SMILES string of the molecule is CC(C)(C)OC(=O)N(Cc1cnc(O)c(F)c1)c1ccc(Br)c(F)n1. The third-order valence-electron chi connectivity index (χ3n) is 2.90. The van der Waals surface area contributed by atoms with Crippen LogP contribution < -0.4 is 4.90 Å². The van der Waals surface area contributed by atoms with Gasteiger partial charge in [0.15, 0.2) is 5.82 Å². The molecule has 0 aliphatic rings. The maximum atomic E-state index is 13.8.